The number of aryl methyl sites for hydroxylation is 1. The summed E-state index contributed by atoms with van der Waals surface area (Å²) < 4.78 is 13.6. The van der Waals surface area contributed by atoms with Gasteiger partial charge in [0, 0.05) is 16.8 Å². The predicted octanol–water partition coefficient (Wildman–Crippen LogP) is 3.21. The van der Waals surface area contributed by atoms with Gasteiger partial charge in [-0.2, -0.15) is 0 Å². The average molecular weight is 349 g/mol. The molecule has 1 aromatic heterocycles. The van der Waals surface area contributed by atoms with E-state index in [4.69, 9.17) is 5.73 Å². The van der Waals surface area contributed by atoms with Crippen molar-refractivity contribution < 1.29 is 14.0 Å². The van der Waals surface area contributed by atoms with Crippen molar-refractivity contribution in [2.75, 3.05) is 5.32 Å². The van der Waals surface area contributed by atoms with E-state index >= 15 is 0 Å². The number of hydrogen-bond donors (Lipinski definition) is 2. The molecule has 1 aliphatic rings. The van der Waals surface area contributed by atoms with Crippen molar-refractivity contribution >= 4 is 28.4 Å². The highest BCUT2D eigenvalue weighted by Gasteiger charge is 2.24. The standard InChI is InChI=1S/C20H16FN3O2/c21-15-9-8-11(10-14(15)19(22)25)23-20(26)18-12-4-1-2-6-16(12)24-17-7-3-5-13(17)18/h1-2,4,6,8-10H,3,5,7H2,(H2,22,25)(H,23,26). The Morgan fingerprint density at radius 1 is 1.12 bits per heavy atom. The molecular weight excluding hydrogens is 333 g/mol. The molecule has 6 heteroatoms. The Morgan fingerprint density at radius 2 is 1.92 bits per heavy atom. The lowest BCUT2D eigenvalue weighted by Gasteiger charge is -2.13. The number of benzene rings is 2. The Labute approximate surface area is 149 Å². The van der Waals surface area contributed by atoms with Gasteiger partial charge in [0.2, 0.25) is 0 Å². The number of nitrogens with two attached hydrogens (primary N) is 1. The van der Waals surface area contributed by atoms with Gasteiger partial charge in [-0.25, -0.2) is 4.39 Å². The van der Waals surface area contributed by atoms with Crippen LogP contribution in [0.25, 0.3) is 10.9 Å². The molecule has 0 bridgehead atoms. The van der Waals surface area contributed by atoms with Crippen LogP contribution in [0.4, 0.5) is 10.1 Å². The lowest BCUT2D eigenvalue weighted by molar-refractivity contribution is 0.0992. The van der Waals surface area contributed by atoms with Crippen molar-refractivity contribution in [1.82, 2.24) is 4.98 Å². The number of carbonyl (C=O) groups excluding carboxylic acids is 2. The highest BCUT2D eigenvalue weighted by Crippen LogP contribution is 2.30. The molecular formula is C20H16FN3O2. The fourth-order valence-corrected chi connectivity index (χ4v) is 3.46. The Bertz CT molecular complexity index is 1060. The van der Waals surface area contributed by atoms with Gasteiger partial charge < -0.3 is 11.1 Å². The van der Waals surface area contributed by atoms with Crippen LogP contribution in [-0.4, -0.2) is 16.8 Å². The normalized spacial score (nSPS) is 12.8. The summed E-state index contributed by atoms with van der Waals surface area (Å²) in [7, 11) is 0. The molecule has 3 N–H and O–H groups in total. The molecule has 3 aromatic rings. The van der Waals surface area contributed by atoms with Crippen LogP contribution in [0.5, 0.6) is 0 Å². The molecule has 0 aliphatic heterocycles. The van der Waals surface area contributed by atoms with Crippen LogP contribution in [0.3, 0.4) is 0 Å². The van der Waals surface area contributed by atoms with Crippen LogP contribution < -0.4 is 11.1 Å². The number of hydrogen-bond acceptors (Lipinski definition) is 3. The highest BCUT2D eigenvalue weighted by atomic mass is 19.1. The zero-order valence-electron chi connectivity index (χ0n) is 13.9. The molecule has 0 fully saturated rings. The number of nitrogens with zero attached hydrogens (tertiary/aromatic N) is 1. The van der Waals surface area contributed by atoms with Crippen molar-refractivity contribution in [3.8, 4) is 0 Å². The second-order valence-electron chi connectivity index (χ2n) is 6.30. The fourth-order valence-electron chi connectivity index (χ4n) is 3.46. The van der Waals surface area contributed by atoms with Crippen LogP contribution in [-0.2, 0) is 12.8 Å². The monoisotopic (exact) mass is 349 g/mol. The number of para-hydroxylation sites is 1. The van der Waals surface area contributed by atoms with Gasteiger partial charge in [-0.05, 0) is 49.1 Å². The van der Waals surface area contributed by atoms with Gasteiger partial charge in [0.25, 0.3) is 11.8 Å². The molecule has 130 valence electrons. The summed E-state index contributed by atoms with van der Waals surface area (Å²) in [4.78, 5) is 29.0. The largest absolute Gasteiger partial charge is 0.366 e. The molecule has 0 unspecified atom stereocenters. The van der Waals surface area contributed by atoms with Gasteiger partial charge in [0.1, 0.15) is 5.82 Å². The van der Waals surface area contributed by atoms with Crippen LogP contribution in [0.1, 0.15) is 38.4 Å². The third kappa shape index (κ3) is 2.69. The molecule has 5 nitrogen and oxygen atoms in total. The zero-order chi connectivity index (χ0) is 18.3. The van der Waals surface area contributed by atoms with E-state index < -0.39 is 11.7 Å². The molecule has 0 atom stereocenters. The van der Waals surface area contributed by atoms with Crippen LogP contribution >= 0.6 is 0 Å². The number of amides is 2. The average Bonchev–Trinajstić information content (AvgIpc) is 3.08. The number of pyridine rings is 1. The minimum atomic E-state index is -0.881. The lowest BCUT2D eigenvalue weighted by Crippen LogP contribution is -2.17. The van der Waals surface area contributed by atoms with E-state index in [0.29, 0.717) is 11.3 Å². The number of primary amides is 1. The molecule has 0 saturated heterocycles. The van der Waals surface area contributed by atoms with E-state index in [1.165, 1.54) is 12.1 Å². The summed E-state index contributed by atoms with van der Waals surface area (Å²) >= 11 is 0. The first-order valence-electron chi connectivity index (χ1n) is 8.36. The second kappa shape index (κ2) is 6.22. The summed E-state index contributed by atoms with van der Waals surface area (Å²) in [6.07, 6.45) is 2.61. The first-order valence-corrected chi connectivity index (χ1v) is 8.36. The van der Waals surface area contributed by atoms with Gasteiger partial charge in [-0.3, -0.25) is 14.6 Å². The van der Waals surface area contributed by atoms with E-state index in [-0.39, 0.29) is 11.5 Å². The first-order chi connectivity index (χ1) is 12.5. The van der Waals surface area contributed by atoms with E-state index in [2.05, 4.69) is 10.3 Å². The van der Waals surface area contributed by atoms with Crippen LogP contribution in [0, 0.1) is 5.82 Å². The van der Waals surface area contributed by atoms with E-state index in [9.17, 15) is 14.0 Å². The topological polar surface area (TPSA) is 85.1 Å². The summed E-state index contributed by atoms with van der Waals surface area (Å²) in [6.45, 7) is 0. The van der Waals surface area contributed by atoms with Crippen molar-refractivity contribution in [3.05, 3.63) is 70.7 Å². The number of halogens is 1. The van der Waals surface area contributed by atoms with E-state index in [1.54, 1.807) is 0 Å². The third-order valence-electron chi connectivity index (χ3n) is 4.64. The second-order valence-corrected chi connectivity index (χ2v) is 6.30. The Kier molecular flexibility index (Phi) is 3.88. The summed E-state index contributed by atoms with van der Waals surface area (Å²) in [5.41, 5.74) is 8.51. The lowest BCUT2D eigenvalue weighted by atomic mass is 10.0. The zero-order valence-corrected chi connectivity index (χ0v) is 13.9. The molecule has 4 rings (SSSR count). The highest BCUT2D eigenvalue weighted by molar-refractivity contribution is 6.14. The van der Waals surface area contributed by atoms with E-state index in [1.807, 2.05) is 24.3 Å². The Balaban J connectivity index is 1.78. The van der Waals surface area contributed by atoms with Gasteiger partial charge in [-0.15, -0.1) is 0 Å². The maximum atomic E-state index is 13.6. The maximum Gasteiger partial charge on any atom is 0.256 e. The molecule has 1 heterocycles. The number of anilines is 1. The fraction of sp³-hybridized carbons (Fsp3) is 0.150. The Hall–Kier alpha value is -3.28. The predicted molar refractivity (Wildman–Crippen MR) is 96.6 cm³/mol. The third-order valence-corrected chi connectivity index (χ3v) is 4.64. The maximum absolute atomic E-state index is 13.6. The SMILES string of the molecule is NC(=O)c1cc(NC(=O)c2c3c(nc4ccccc24)CCC3)ccc1F. The summed E-state index contributed by atoms with van der Waals surface area (Å²) in [5.74, 6) is -1.90. The molecule has 0 radical (unpaired) electrons. The Morgan fingerprint density at radius 3 is 2.73 bits per heavy atom. The van der Waals surface area contributed by atoms with Gasteiger partial charge in [0.05, 0.1) is 16.6 Å². The minimum absolute atomic E-state index is 0.257. The van der Waals surface area contributed by atoms with Crippen molar-refractivity contribution in [3.63, 3.8) is 0 Å². The summed E-state index contributed by atoms with van der Waals surface area (Å²) in [6, 6.07) is 11.3. The minimum Gasteiger partial charge on any atom is -0.366 e. The molecule has 1 aliphatic carbocycles. The molecule has 0 spiro atoms. The number of carbonyl (C=O) groups is 2. The summed E-state index contributed by atoms with van der Waals surface area (Å²) in [5, 5.41) is 3.54. The van der Waals surface area contributed by atoms with Crippen LogP contribution in [0.2, 0.25) is 0 Å². The number of rotatable bonds is 3. The molecule has 2 aromatic carbocycles. The first kappa shape index (κ1) is 16.2. The van der Waals surface area contributed by atoms with Crippen molar-refractivity contribution in [2.24, 2.45) is 5.73 Å². The smallest absolute Gasteiger partial charge is 0.256 e. The molecule has 26 heavy (non-hydrogen) atoms. The number of aromatic nitrogens is 1. The van der Waals surface area contributed by atoms with Gasteiger partial charge in [0.15, 0.2) is 0 Å². The van der Waals surface area contributed by atoms with Crippen molar-refractivity contribution in [2.45, 2.75) is 19.3 Å². The number of nitrogens with one attached hydrogen (secondary N) is 1. The van der Waals surface area contributed by atoms with Crippen molar-refractivity contribution in [1.29, 1.82) is 0 Å². The van der Waals surface area contributed by atoms with E-state index in [0.717, 1.165) is 47.5 Å². The quantitative estimate of drug-likeness (QED) is 0.761. The van der Waals surface area contributed by atoms with Crippen LogP contribution in [0.15, 0.2) is 42.5 Å². The van der Waals surface area contributed by atoms with Gasteiger partial charge >= 0.3 is 0 Å². The number of fused-ring (bicyclic) bond motifs is 2. The molecule has 2 amide bonds. The van der Waals surface area contributed by atoms with Gasteiger partial charge in [-0.1, -0.05) is 18.2 Å². The molecule has 0 saturated carbocycles.